The van der Waals surface area contributed by atoms with Gasteiger partial charge in [-0.1, -0.05) is 22.9 Å². The second kappa shape index (κ2) is 7.15. The molecule has 2 rings (SSSR count). The first kappa shape index (κ1) is 16.1. The summed E-state index contributed by atoms with van der Waals surface area (Å²) in [6.07, 6.45) is 2.14. The first-order valence-corrected chi connectivity index (χ1v) is 9.00. The minimum Gasteiger partial charge on any atom is -0.383 e. The summed E-state index contributed by atoms with van der Waals surface area (Å²) in [5.74, 6) is 0. The Hall–Kier alpha value is -0.250. The highest BCUT2D eigenvalue weighted by Gasteiger charge is 2.28. The lowest BCUT2D eigenvalue weighted by Crippen LogP contribution is -2.35. The van der Waals surface area contributed by atoms with E-state index < -0.39 is 10.0 Å². The number of nitrogens with zero attached hydrogens (tertiary/aromatic N) is 3. The number of methoxy groups -OCH3 is 1. The SMILES string of the molecule is COCCN1CCCN(S(=O)(=O)c2cnc(Cl)s2)CC1. The van der Waals surface area contributed by atoms with Crippen molar-refractivity contribution < 1.29 is 13.2 Å². The van der Waals surface area contributed by atoms with Gasteiger partial charge >= 0.3 is 0 Å². The van der Waals surface area contributed by atoms with Gasteiger partial charge in [-0.05, 0) is 13.0 Å². The van der Waals surface area contributed by atoms with Gasteiger partial charge in [0.05, 0.1) is 12.8 Å². The van der Waals surface area contributed by atoms with Crippen LogP contribution in [0.15, 0.2) is 10.4 Å². The molecule has 0 aliphatic carbocycles. The highest BCUT2D eigenvalue weighted by Crippen LogP contribution is 2.26. The molecule has 0 aromatic carbocycles. The molecule has 0 radical (unpaired) electrons. The average Bonchev–Trinajstić information content (AvgIpc) is 2.72. The van der Waals surface area contributed by atoms with Gasteiger partial charge in [0.2, 0.25) is 0 Å². The predicted molar refractivity (Wildman–Crippen MR) is 78.8 cm³/mol. The number of sulfonamides is 1. The van der Waals surface area contributed by atoms with E-state index in [1.54, 1.807) is 7.11 Å². The van der Waals surface area contributed by atoms with E-state index in [2.05, 4.69) is 9.88 Å². The van der Waals surface area contributed by atoms with Crippen LogP contribution in [-0.2, 0) is 14.8 Å². The molecule has 114 valence electrons. The summed E-state index contributed by atoms with van der Waals surface area (Å²) in [5.41, 5.74) is 0. The number of hydrogen-bond donors (Lipinski definition) is 0. The van der Waals surface area contributed by atoms with Crippen LogP contribution in [0.2, 0.25) is 4.47 Å². The lowest BCUT2D eigenvalue weighted by molar-refractivity contribution is 0.151. The molecule has 9 heteroatoms. The van der Waals surface area contributed by atoms with E-state index in [-0.39, 0.29) is 8.68 Å². The molecular formula is C11H18ClN3O3S2. The zero-order valence-electron chi connectivity index (χ0n) is 11.3. The van der Waals surface area contributed by atoms with Crippen LogP contribution in [0.3, 0.4) is 0 Å². The molecule has 6 nitrogen and oxygen atoms in total. The van der Waals surface area contributed by atoms with E-state index in [0.29, 0.717) is 19.7 Å². The quantitative estimate of drug-likeness (QED) is 0.805. The molecule has 0 atom stereocenters. The van der Waals surface area contributed by atoms with Crippen molar-refractivity contribution in [3.63, 3.8) is 0 Å². The molecule has 1 aromatic rings. The Morgan fingerprint density at radius 3 is 2.85 bits per heavy atom. The maximum absolute atomic E-state index is 12.5. The third-order valence-electron chi connectivity index (χ3n) is 3.21. The summed E-state index contributed by atoms with van der Waals surface area (Å²) < 4.78 is 32.0. The van der Waals surface area contributed by atoms with Crippen LogP contribution < -0.4 is 0 Å². The third kappa shape index (κ3) is 3.90. The Balaban J connectivity index is 2.02. The van der Waals surface area contributed by atoms with Crippen molar-refractivity contribution in [3.05, 3.63) is 10.7 Å². The topological polar surface area (TPSA) is 62.7 Å². The average molecular weight is 340 g/mol. The second-order valence-electron chi connectivity index (χ2n) is 4.52. The summed E-state index contributed by atoms with van der Waals surface area (Å²) in [4.78, 5) is 6.03. The molecular weight excluding hydrogens is 322 g/mol. The molecule has 1 aliphatic rings. The van der Waals surface area contributed by atoms with E-state index in [1.165, 1.54) is 10.5 Å². The third-order valence-corrected chi connectivity index (χ3v) is 6.66. The van der Waals surface area contributed by atoms with Crippen molar-refractivity contribution in [2.75, 3.05) is 46.4 Å². The molecule has 1 aliphatic heterocycles. The highest BCUT2D eigenvalue weighted by atomic mass is 35.5. The Morgan fingerprint density at radius 2 is 2.20 bits per heavy atom. The fraction of sp³-hybridized carbons (Fsp3) is 0.727. The Bertz CT molecular complexity index is 535. The van der Waals surface area contributed by atoms with Gasteiger partial charge < -0.3 is 4.74 Å². The maximum atomic E-state index is 12.5. The van der Waals surface area contributed by atoms with E-state index in [4.69, 9.17) is 16.3 Å². The number of hydrogen-bond acceptors (Lipinski definition) is 6. The first-order chi connectivity index (χ1) is 9.54. The Labute approximate surface area is 128 Å². The van der Waals surface area contributed by atoms with Crippen molar-refractivity contribution >= 4 is 33.0 Å². The van der Waals surface area contributed by atoms with Crippen LogP contribution >= 0.6 is 22.9 Å². The number of rotatable bonds is 5. The molecule has 0 saturated carbocycles. The zero-order valence-corrected chi connectivity index (χ0v) is 13.7. The fourth-order valence-electron chi connectivity index (χ4n) is 2.12. The van der Waals surface area contributed by atoms with Gasteiger partial charge in [-0.15, -0.1) is 0 Å². The molecule has 0 spiro atoms. The summed E-state index contributed by atoms with van der Waals surface area (Å²) in [7, 11) is -1.79. The zero-order chi connectivity index (χ0) is 14.6. The highest BCUT2D eigenvalue weighted by molar-refractivity contribution is 7.91. The van der Waals surface area contributed by atoms with Gasteiger partial charge in [0.1, 0.15) is 0 Å². The normalized spacial score (nSPS) is 19.1. The summed E-state index contributed by atoms with van der Waals surface area (Å²) >= 11 is 6.72. The Kier molecular flexibility index (Phi) is 5.76. The number of halogens is 1. The smallest absolute Gasteiger partial charge is 0.254 e. The molecule has 2 heterocycles. The van der Waals surface area contributed by atoms with Crippen LogP contribution in [0.1, 0.15) is 6.42 Å². The molecule has 1 saturated heterocycles. The molecule has 0 N–H and O–H groups in total. The van der Waals surface area contributed by atoms with Crippen LogP contribution in [0.4, 0.5) is 0 Å². The van der Waals surface area contributed by atoms with Crippen molar-refractivity contribution in [1.29, 1.82) is 0 Å². The number of aromatic nitrogens is 1. The summed E-state index contributed by atoms with van der Waals surface area (Å²) in [6, 6.07) is 0. The summed E-state index contributed by atoms with van der Waals surface area (Å²) in [6.45, 7) is 4.12. The molecule has 1 fully saturated rings. The van der Waals surface area contributed by atoms with Crippen molar-refractivity contribution in [2.45, 2.75) is 10.6 Å². The molecule has 1 aromatic heterocycles. The van der Waals surface area contributed by atoms with Crippen LogP contribution in [0.25, 0.3) is 0 Å². The minimum absolute atomic E-state index is 0.216. The summed E-state index contributed by atoms with van der Waals surface area (Å²) in [5, 5.41) is 0. The van der Waals surface area contributed by atoms with Gasteiger partial charge in [-0.3, -0.25) is 4.90 Å². The predicted octanol–water partition coefficient (Wildman–Crippen LogP) is 1.14. The van der Waals surface area contributed by atoms with Crippen molar-refractivity contribution in [2.24, 2.45) is 0 Å². The standard InChI is InChI=1S/C11H18ClN3O3S2/c1-18-8-7-14-3-2-4-15(6-5-14)20(16,17)10-9-13-11(12)19-10/h9H,2-8H2,1H3. The van der Waals surface area contributed by atoms with Gasteiger partial charge in [0.25, 0.3) is 10.0 Å². The molecule has 0 bridgehead atoms. The first-order valence-electron chi connectivity index (χ1n) is 6.37. The van der Waals surface area contributed by atoms with Crippen molar-refractivity contribution in [3.8, 4) is 0 Å². The number of ether oxygens (including phenoxy) is 1. The maximum Gasteiger partial charge on any atom is 0.254 e. The Morgan fingerprint density at radius 1 is 1.40 bits per heavy atom. The lowest BCUT2D eigenvalue weighted by Gasteiger charge is -2.20. The van der Waals surface area contributed by atoms with Crippen molar-refractivity contribution in [1.82, 2.24) is 14.2 Å². The van der Waals surface area contributed by atoms with E-state index >= 15 is 0 Å². The van der Waals surface area contributed by atoms with E-state index in [1.807, 2.05) is 0 Å². The molecule has 20 heavy (non-hydrogen) atoms. The molecule has 0 amide bonds. The lowest BCUT2D eigenvalue weighted by atomic mass is 10.4. The van der Waals surface area contributed by atoms with Crippen LogP contribution in [0, 0.1) is 0 Å². The number of thiazole rings is 1. The van der Waals surface area contributed by atoms with Crippen LogP contribution in [0.5, 0.6) is 0 Å². The van der Waals surface area contributed by atoms with Gasteiger partial charge in [-0.2, -0.15) is 4.31 Å². The minimum atomic E-state index is -3.46. The second-order valence-corrected chi connectivity index (χ2v) is 8.30. The van der Waals surface area contributed by atoms with E-state index in [9.17, 15) is 8.42 Å². The molecule has 0 unspecified atom stereocenters. The van der Waals surface area contributed by atoms with Gasteiger partial charge in [0.15, 0.2) is 8.68 Å². The van der Waals surface area contributed by atoms with Crippen LogP contribution in [-0.4, -0.2) is 69.0 Å². The largest absolute Gasteiger partial charge is 0.383 e. The fourth-order valence-corrected chi connectivity index (χ4v) is 5.04. The van der Waals surface area contributed by atoms with Gasteiger partial charge in [0, 0.05) is 33.3 Å². The van der Waals surface area contributed by atoms with E-state index in [0.717, 1.165) is 37.4 Å². The monoisotopic (exact) mass is 339 g/mol. The van der Waals surface area contributed by atoms with Gasteiger partial charge in [-0.25, -0.2) is 13.4 Å².